The van der Waals surface area contributed by atoms with Crippen LogP contribution < -0.4 is 4.72 Å². The molecule has 0 saturated carbocycles. The van der Waals surface area contributed by atoms with Crippen molar-refractivity contribution in [2.24, 2.45) is 7.05 Å². The number of carbonyl (C=O) groups is 1. The lowest BCUT2D eigenvalue weighted by Gasteiger charge is -2.07. The molecule has 0 saturated heterocycles. The van der Waals surface area contributed by atoms with Gasteiger partial charge in [-0.15, -0.1) is 0 Å². The van der Waals surface area contributed by atoms with Gasteiger partial charge in [0.2, 0.25) is 5.91 Å². The van der Waals surface area contributed by atoms with E-state index in [-0.39, 0.29) is 11.4 Å². The molecule has 7 nitrogen and oxygen atoms in total. The van der Waals surface area contributed by atoms with E-state index >= 15 is 0 Å². The van der Waals surface area contributed by atoms with Gasteiger partial charge in [0.1, 0.15) is 6.26 Å². The number of hydrogen-bond donors (Lipinski definition) is 1. The van der Waals surface area contributed by atoms with Gasteiger partial charge in [0.15, 0.2) is 5.03 Å². The lowest BCUT2D eigenvalue weighted by atomic mass is 10.2. The maximum absolute atomic E-state index is 11.9. The molecule has 2 heterocycles. The number of sulfonamides is 1. The molecule has 0 atom stereocenters. The molecule has 0 spiro atoms. The molecule has 102 valence electrons. The molecule has 0 bridgehead atoms. The van der Waals surface area contributed by atoms with Crippen LogP contribution in [0.4, 0.5) is 0 Å². The van der Waals surface area contributed by atoms with Crippen molar-refractivity contribution in [3.8, 4) is 0 Å². The first kappa shape index (κ1) is 13.3. The van der Waals surface area contributed by atoms with Gasteiger partial charge in [-0.05, 0) is 19.1 Å². The Balaban J connectivity index is 2.11. The van der Waals surface area contributed by atoms with Crippen molar-refractivity contribution in [3.05, 3.63) is 35.9 Å². The Morgan fingerprint density at radius 3 is 2.79 bits per heavy atom. The summed E-state index contributed by atoms with van der Waals surface area (Å²) >= 11 is 0. The summed E-state index contributed by atoms with van der Waals surface area (Å²) < 4.78 is 32.0. The molecule has 0 aliphatic carbocycles. The summed E-state index contributed by atoms with van der Waals surface area (Å²) in [5.74, 6) is -0.632. The molecule has 0 aliphatic heterocycles. The van der Waals surface area contributed by atoms with Gasteiger partial charge in [-0.1, -0.05) is 5.16 Å². The smallest absolute Gasteiger partial charge is 0.279 e. The highest BCUT2D eigenvalue weighted by Crippen LogP contribution is 2.10. The van der Waals surface area contributed by atoms with Crippen molar-refractivity contribution in [3.63, 3.8) is 0 Å². The van der Waals surface area contributed by atoms with Gasteiger partial charge in [0.05, 0.1) is 12.1 Å². The van der Waals surface area contributed by atoms with Crippen LogP contribution in [-0.2, 0) is 28.3 Å². The summed E-state index contributed by atoms with van der Waals surface area (Å²) in [5, 5.41) is 3.65. The number of nitrogens with zero attached hydrogens (tertiary/aromatic N) is 2. The van der Waals surface area contributed by atoms with Crippen molar-refractivity contribution in [1.82, 2.24) is 14.4 Å². The number of hydrogen-bond acceptors (Lipinski definition) is 5. The first-order valence-corrected chi connectivity index (χ1v) is 6.95. The second-order valence-electron chi connectivity index (χ2n) is 4.09. The Labute approximate surface area is 110 Å². The van der Waals surface area contributed by atoms with Crippen LogP contribution in [0.15, 0.2) is 34.1 Å². The van der Waals surface area contributed by atoms with Crippen molar-refractivity contribution >= 4 is 15.9 Å². The number of rotatable bonds is 4. The van der Waals surface area contributed by atoms with Gasteiger partial charge in [-0.3, -0.25) is 4.79 Å². The van der Waals surface area contributed by atoms with Crippen LogP contribution in [0.2, 0.25) is 0 Å². The van der Waals surface area contributed by atoms with Crippen molar-refractivity contribution in [2.45, 2.75) is 18.4 Å². The summed E-state index contributed by atoms with van der Waals surface area (Å²) in [4.78, 5) is 11.7. The standard InChI is InChI=1S/C11H13N3O4S/c1-8-9(7-18-12-8)6-10(15)13-19(16,17)11-4-3-5-14(11)2/h3-5,7H,6H2,1-2H3,(H,13,15). The maximum Gasteiger partial charge on any atom is 0.279 e. The molecular weight excluding hydrogens is 270 g/mol. The maximum atomic E-state index is 11.9. The van der Waals surface area contributed by atoms with Crippen molar-refractivity contribution in [2.75, 3.05) is 0 Å². The Morgan fingerprint density at radius 1 is 1.53 bits per heavy atom. The first-order valence-electron chi connectivity index (χ1n) is 5.47. The van der Waals surface area contributed by atoms with E-state index in [1.54, 1.807) is 26.2 Å². The fourth-order valence-corrected chi connectivity index (χ4v) is 2.79. The summed E-state index contributed by atoms with van der Waals surface area (Å²) in [7, 11) is -2.26. The molecule has 19 heavy (non-hydrogen) atoms. The molecule has 1 N–H and O–H groups in total. The summed E-state index contributed by atoms with van der Waals surface area (Å²) in [5.41, 5.74) is 1.12. The highest BCUT2D eigenvalue weighted by atomic mass is 32.2. The topological polar surface area (TPSA) is 94.2 Å². The molecule has 0 fully saturated rings. The van der Waals surface area contributed by atoms with Gasteiger partial charge >= 0.3 is 0 Å². The predicted octanol–water partition coefficient (Wildman–Crippen LogP) is 0.369. The SMILES string of the molecule is Cc1nocc1CC(=O)NS(=O)(=O)c1cccn1C. The Kier molecular flexibility index (Phi) is 3.43. The minimum absolute atomic E-state index is 0.0305. The fourth-order valence-electron chi connectivity index (χ4n) is 1.62. The molecule has 0 aliphatic rings. The largest absolute Gasteiger partial charge is 0.364 e. The second-order valence-corrected chi connectivity index (χ2v) is 5.72. The number of aromatic nitrogens is 2. The summed E-state index contributed by atoms with van der Waals surface area (Å²) in [6.07, 6.45) is 2.81. The van der Waals surface area contributed by atoms with Crippen molar-refractivity contribution in [1.29, 1.82) is 0 Å². The Hall–Kier alpha value is -2.09. The van der Waals surface area contributed by atoms with Gasteiger partial charge in [-0.25, -0.2) is 4.72 Å². The van der Waals surface area contributed by atoms with Crippen LogP contribution in [-0.4, -0.2) is 24.0 Å². The monoisotopic (exact) mass is 283 g/mol. The van der Waals surface area contributed by atoms with Gasteiger partial charge in [0.25, 0.3) is 10.0 Å². The predicted molar refractivity (Wildman–Crippen MR) is 65.7 cm³/mol. The minimum Gasteiger partial charge on any atom is -0.364 e. The minimum atomic E-state index is -3.85. The molecular formula is C11H13N3O4S. The Bertz CT molecular complexity index is 699. The summed E-state index contributed by atoms with van der Waals surface area (Å²) in [6.45, 7) is 1.68. The van der Waals surface area contributed by atoms with E-state index in [0.29, 0.717) is 11.3 Å². The number of amides is 1. The third-order valence-electron chi connectivity index (χ3n) is 2.62. The fraction of sp³-hybridized carbons (Fsp3) is 0.273. The van der Waals surface area contributed by atoms with E-state index < -0.39 is 15.9 Å². The lowest BCUT2D eigenvalue weighted by molar-refractivity contribution is -0.118. The highest BCUT2D eigenvalue weighted by molar-refractivity contribution is 7.90. The number of aryl methyl sites for hydroxylation is 2. The number of carbonyl (C=O) groups excluding carboxylic acids is 1. The highest BCUT2D eigenvalue weighted by Gasteiger charge is 2.21. The molecule has 0 unspecified atom stereocenters. The third-order valence-corrected chi connectivity index (χ3v) is 4.09. The van der Waals surface area contributed by atoms with E-state index in [9.17, 15) is 13.2 Å². The molecule has 2 rings (SSSR count). The molecule has 8 heteroatoms. The average Bonchev–Trinajstić information content (AvgIpc) is 2.88. The van der Waals surface area contributed by atoms with E-state index in [0.717, 1.165) is 0 Å². The zero-order chi connectivity index (χ0) is 14.0. The van der Waals surface area contributed by atoms with Crippen LogP contribution >= 0.6 is 0 Å². The van der Waals surface area contributed by atoms with E-state index in [4.69, 9.17) is 0 Å². The van der Waals surface area contributed by atoms with Crippen LogP contribution in [0.25, 0.3) is 0 Å². The molecule has 0 aromatic carbocycles. The first-order chi connectivity index (χ1) is 8.90. The van der Waals surface area contributed by atoms with Crippen LogP contribution in [0.5, 0.6) is 0 Å². The zero-order valence-electron chi connectivity index (χ0n) is 10.5. The van der Waals surface area contributed by atoms with Crippen LogP contribution in [0, 0.1) is 6.92 Å². The average molecular weight is 283 g/mol. The number of nitrogens with one attached hydrogen (secondary N) is 1. The van der Waals surface area contributed by atoms with E-state index in [2.05, 4.69) is 9.68 Å². The zero-order valence-corrected chi connectivity index (χ0v) is 11.3. The quantitative estimate of drug-likeness (QED) is 0.874. The molecule has 2 aromatic rings. The van der Waals surface area contributed by atoms with Crippen LogP contribution in [0.3, 0.4) is 0 Å². The normalized spacial score (nSPS) is 11.5. The molecule has 1 amide bonds. The van der Waals surface area contributed by atoms with Gasteiger partial charge in [-0.2, -0.15) is 8.42 Å². The second kappa shape index (κ2) is 4.88. The third kappa shape index (κ3) is 2.84. The van der Waals surface area contributed by atoms with Gasteiger partial charge < -0.3 is 9.09 Å². The van der Waals surface area contributed by atoms with E-state index in [1.165, 1.54) is 16.9 Å². The lowest BCUT2D eigenvalue weighted by Crippen LogP contribution is -2.32. The van der Waals surface area contributed by atoms with Crippen LogP contribution in [0.1, 0.15) is 11.3 Å². The molecule has 0 radical (unpaired) electrons. The summed E-state index contributed by atoms with van der Waals surface area (Å²) in [6, 6.07) is 3.00. The van der Waals surface area contributed by atoms with Crippen molar-refractivity contribution < 1.29 is 17.7 Å². The van der Waals surface area contributed by atoms with Gasteiger partial charge in [0, 0.05) is 18.8 Å². The van der Waals surface area contributed by atoms with E-state index in [1.807, 2.05) is 4.72 Å². The Morgan fingerprint density at radius 2 is 2.26 bits per heavy atom. The molecule has 2 aromatic heterocycles.